The Labute approximate surface area is 119 Å². The highest BCUT2D eigenvalue weighted by Crippen LogP contribution is 2.30. The molecule has 1 aliphatic heterocycles. The number of hydrogen-bond donors (Lipinski definition) is 1. The second kappa shape index (κ2) is 4.81. The monoisotopic (exact) mass is 272 g/mol. The fourth-order valence-electron chi connectivity index (χ4n) is 2.45. The molecule has 0 aliphatic carbocycles. The van der Waals surface area contributed by atoms with Gasteiger partial charge in [-0.3, -0.25) is 0 Å². The van der Waals surface area contributed by atoms with E-state index in [4.69, 9.17) is 4.74 Å². The highest BCUT2D eigenvalue weighted by molar-refractivity contribution is 5.45. The van der Waals surface area contributed by atoms with E-state index >= 15 is 0 Å². The van der Waals surface area contributed by atoms with Crippen molar-refractivity contribution < 1.29 is 4.74 Å². The number of hydrogen-bond acceptors (Lipinski definition) is 4. The van der Waals surface area contributed by atoms with Crippen LogP contribution >= 0.6 is 0 Å². The summed E-state index contributed by atoms with van der Waals surface area (Å²) in [5.41, 5.74) is 2.37. The van der Waals surface area contributed by atoms with Gasteiger partial charge in [-0.2, -0.15) is 10.1 Å². The van der Waals surface area contributed by atoms with Crippen molar-refractivity contribution in [2.24, 2.45) is 0 Å². The zero-order chi connectivity index (χ0) is 14.2. The largest absolute Gasteiger partial charge is 0.493 e. The standard InChI is InChI=1S/C15H20N4O/c1-15(2,3)19-14(17-10-18-19)16-9-12-6-4-5-11-7-8-20-13(11)12/h4-6,10H,7-9H2,1-3H3,(H,16,17,18). The van der Waals surface area contributed by atoms with E-state index in [1.165, 1.54) is 11.1 Å². The Morgan fingerprint density at radius 1 is 1.35 bits per heavy atom. The van der Waals surface area contributed by atoms with Crippen LogP contribution in [-0.4, -0.2) is 21.4 Å². The van der Waals surface area contributed by atoms with Crippen LogP contribution in [-0.2, 0) is 18.5 Å². The molecule has 106 valence electrons. The summed E-state index contributed by atoms with van der Waals surface area (Å²) < 4.78 is 7.61. The molecule has 0 saturated carbocycles. The minimum Gasteiger partial charge on any atom is -0.493 e. The molecule has 0 unspecified atom stereocenters. The van der Waals surface area contributed by atoms with Crippen molar-refractivity contribution in [2.45, 2.75) is 39.3 Å². The Morgan fingerprint density at radius 2 is 2.20 bits per heavy atom. The number of rotatable bonds is 3. The van der Waals surface area contributed by atoms with Crippen LogP contribution in [0.5, 0.6) is 5.75 Å². The normalized spacial score (nSPS) is 13.9. The van der Waals surface area contributed by atoms with Crippen LogP contribution in [0.3, 0.4) is 0 Å². The maximum absolute atomic E-state index is 5.71. The molecule has 1 aliphatic rings. The zero-order valence-corrected chi connectivity index (χ0v) is 12.2. The maximum Gasteiger partial charge on any atom is 0.221 e. The lowest BCUT2D eigenvalue weighted by Gasteiger charge is -2.21. The molecule has 20 heavy (non-hydrogen) atoms. The fraction of sp³-hybridized carbons (Fsp3) is 0.467. The van der Waals surface area contributed by atoms with E-state index in [0.717, 1.165) is 24.7 Å². The van der Waals surface area contributed by atoms with Gasteiger partial charge in [0, 0.05) is 18.5 Å². The first kappa shape index (κ1) is 13.0. The van der Waals surface area contributed by atoms with Crippen LogP contribution < -0.4 is 10.1 Å². The van der Waals surface area contributed by atoms with Crippen LogP contribution in [0.25, 0.3) is 0 Å². The SMILES string of the molecule is CC(C)(C)n1ncnc1NCc1cccc2c1OCC2. The molecule has 0 bridgehead atoms. The van der Waals surface area contributed by atoms with E-state index in [1.807, 2.05) is 4.68 Å². The summed E-state index contributed by atoms with van der Waals surface area (Å²) >= 11 is 0. The second-order valence-corrected chi connectivity index (χ2v) is 6.02. The van der Waals surface area contributed by atoms with Crippen LogP contribution in [0.2, 0.25) is 0 Å². The molecule has 2 aromatic rings. The summed E-state index contributed by atoms with van der Waals surface area (Å²) in [6, 6.07) is 6.30. The number of ether oxygens (including phenoxy) is 1. The fourth-order valence-corrected chi connectivity index (χ4v) is 2.45. The van der Waals surface area contributed by atoms with E-state index in [9.17, 15) is 0 Å². The van der Waals surface area contributed by atoms with Gasteiger partial charge in [0.25, 0.3) is 0 Å². The van der Waals surface area contributed by atoms with Crippen LogP contribution in [0, 0.1) is 0 Å². The van der Waals surface area contributed by atoms with Gasteiger partial charge in [0.2, 0.25) is 5.95 Å². The molecule has 0 spiro atoms. The van der Waals surface area contributed by atoms with Gasteiger partial charge in [-0.25, -0.2) is 4.68 Å². The first-order valence-corrected chi connectivity index (χ1v) is 6.93. The lowest BCUT2D eigenvalue weighted by molar-refractivity contribution is 0.353. The molecular formula is C15H20N4O. The van der Waals surface area contributed by atoms with Crippen molar-refractivity contribution in [3.63, 3.8) is 0 Å². The number of para-hydroxylation sites is 1. The Hall–Kier alpha value is -2.04. The number of nitrogens with zero attached hydrogens (tertiary/aromatic N) is 3. The number of fused-ring (bicyclic) bond motifs is 1. The molecule has 1 aromatic carbocycles. The number of anilines is 1. The molecular weight excluding hydrogens is 252 g/mol. The third-order valence-corrected chi connectivity index (χ3v) is 3.42. The predicted octanol–water partition coefficient (Wildman–Crippen LogP) is 2.58. The number of nitrogens with one attached hydrogen (secondary N) is 1. The van der Waals surface area contributed by atoms with Crippen molar-refractivity contribution >= 4 is 5.95 Å². The highest BCUT2D eigenvalue weighted by atomic mass is 16.5. The molecule has 0 fully saturated rings. The summed E-state index contributed by atoms with van der Waals surface area (Å²) in [7, 11) is 0. The van der Waals surface area contributed by atoms with Crippen molar-refractivity contribution in [3.05, 3.63) is 35.7 Å². The minimum absolute atomic E-state index is 0.0893. The Morgan fingerprint density at radius 3 is 3.00 bits per heavy atom. The number of aromatic nitrogens is 3. The molecule has 5 nitrogen and oxygen atoms in total. The minimum atomic E-state index is -0.0893. The topological polar surface area (TPSA) is 52.0 Å². The van der Waals surface area contributed by atoms with Crippen LogP contribution in [0.4, 0.5) is 5.95 Å². The smallest absolute Gasteiger partial charge is 0.221 e. The van der Waals surface area contributed by atoms with Gasteiger partial charge in [-0.05, 0) is 26.3 Å². The van der Waals surface area contributed by atoms with Gasteiger partial charge in [0.1, 0.15) is 12.1 Å². The van der Waals surface area contributed by atoms with E-state index in [0.29, 0.717) is 6.54 Å². The Kier molecular flexibility index (Phi) is 3.12. The highest BCUT2D eigenvalue weighted by Gasteiger charge is 2.19. The summed E-state index contributed by atoms with van der Waals surface area (Å²) in [6.45, 7) is 7.80. The van der Waals surface area contributed by atoms with Gasteiger partial charge >= 0.3 is 0 Å². The maximum atomic E-state index is 5.71. The molecule has 1 aromatic heterocycles. The Balaban J connectivity index is 1.78. The van der Waals surface area contributed by atoms with Gasteiger partial charge in [0.05, 0.1) is 12.1 Å². The molecule has 0 atom stereocenters. The molecule has 2 heterocycles. The summed E-state index contributed by atoms with van der Waals surface area (Å²) in [4.78, 5) is 4.29. The van der Waals surface area contributed by atoms with Crippen molar-refractivity contribution in [1.82, 2.24) is 14.8 Å². The molecule has 5 heteroatoms. The average Bonchev–Trinajstić information content (AvgIpc) is 3.04. The first-order valence-electron chi connectivity index (χ1n) is 6.93. The summed E-state index contributed by atoms with van der Waals surface area (Å²) in [5, 5.41) is 7.64. The second-order valence-electron chi connectivity index (χ2n) is 6.02. The zero-order valence-electron chi connectivity index (χ0n) is 12.2. The van der Waals surface area contributed by atoms with Gasteiger partial charge in [-0.15, -0.1) is 0 Å². The van der Waals surface area contributed by atoms with E-state index in [1.54, 1.807) is 6.33 Å². The van der Waals surface area contributed by atoms with Gasteiger partial charge in [0.15, 0.2) is 0 Å². The third-order valence-electron chi connectivity index (χ3n) is 3.42. The molecule has 3 rings (SSSR count). The average molecular weight is 272 g/mol. The third kappa shape index (κ3) is 2.35. The van der Waals surface area contributed by atoms with E-state index < -0.39 is 0 Å². The van der Waals surface area contributed by atoms with E-state index in [2.05, 4.69) is 54.4 Å². The van der Waals surface area contributed by atoms with Crippen LogP contribution in [0.15, 0.2) is 24.5 Å². The van der Waals surface area contributed by atoms with E-state index in [-0.39, 0.29) is 5.54 Å². The molecule has 0 radical (unpaired) electrons. The van der Waals surface area contributed by atoms with Gasteiger partial charge < -0.3 is 10.1 Å². The van der Waals surface area contributed by atoms with Crippen molar-refractivity contribution in [2.75, 3.05) is 11.9 Å². The predicted molar refractivity (Wildman–Crippen MR) is 78.0 cm³/mol. The molecule has 1 N–H and O–H groups in total. The van der Waals surface area contributed by atoms with Gasteiger partial charge in [-0.1, -0.05) is 18.2 Å². The molecule has 0 saturated heterocycles. The Bertz CT molecular complexity index is 613. The first-order chi connectivity index (χ1) is 9.55. The lowest BCUT2D eigenvalue weighted by atomic mass is 10.1. The van der Waals surface area contributed by atoms with Crippen molar-refractivity contribution in [3.8, 4) is 5.75 Å². The summed E-state index contributed by atoms with van der Waals surface area (Å²) in [5.74, 6) is 1.81. The number of benzene rings is 1. The summed E-state index contributed by atoms with van der Waals surface area (Å²) in [6.07, 6.45) is 2.58. The lowest BCUT2D eigenvalue weighted by Crippen LogP contribution is -2.25. The molecule has 0 amide bonds. The van der Waals surface area contributed by atoms with Crippen molar-refractivity contribution in [1.29, 1.82) is 0 Å². The van der Waals surface area contributed by atoms with Crippen LogP contribution in [0.1, 0.15) is 31.9 Å². The quantitative estimate of drug-likeness (QED) is 0.933.